The van der Waals surface area contributed by atoms with Gasteiger partial charge in [0.25, 0.3) is 0 Å². The first-order chi connectivity index (χ1) is 15.9. The van der Waals surface area contributed by atoms with Crippen LogP contribution in [-0.4, -0.2) is 65.3 Å². The van der Waals surface area contributed by atoms with Crippen molar-refractivity contribution in [2.24, 2.45) is 5.41 Å². The molecule has 5 rings (SSSR count). The minimum absolute atomic E-state index is 0.104. The highest BCUT2D eigenvalue weighted by molar-refractivity contribution is 7.92. The molecule has 0 atom stereocenters. The van der Waals surface area contributed by atoms with Crippen LogP contribution < -0.4 is 19.7 Å². The molecule has 1 aromatic heterocycles. The predicted octanol–water partition coefficient (Wildman–Crippen LogP) is 3.13. The lowest BCUT2D eigenvalue weighted by atomic mass is 9.91. The van der Waals surface area contributed by atoms with Crippen molar-refractivity contribution in [3.63, 3.8) is 0 Å². The number of pyridine rings is 1. The summed E-state index contributed by atoms with van der Waals surface area (Å²) in [5.74, 6) is 2.18. The number of methoxy groups -OCH3 is 1. The zero-order valence-electron chi connectivity index (χ0n) is 19.0. The van der Waals surface area contributed by atoms with E-state index < -0.39 is 9.84 Å². The van der Waals surface area contributed by atoms with Gasteiger partial charge in [-0.25, -0.2) is 13.4 Å². The number of sulfone groups is 1. The summed E-state index contributed by atoms with van der Waals surface area (Å²) in [5.41, 5.74) is 3.72. The molecule has 0 unspecified atom stereocenters. The second-order valence-corrected chi connectivity index (χ2v) is 11.2. The van der Waals surface area contributed by atoms with E-state index in [0.717, 1.165) is 65.4 Å². The van der Waals surface area contributed by atoms with E-state index in [1.54, 1.807) is 7.11 Å². The lowest BCUT2D eigenvalue weighted by Gasteiger charge is -2.37. The Bertz CT molecular complexity index is 1260. The van der Waals surface area contributed by atoms with Crippen LogP contribution in [0.3, 0.4) is 0 Å². The summed E-state index contributed by atoms with van der Waals surface area (Å²) >= 11 is 0. The van der Waals surface area contributed by atoms with Gasteiger partial charge in [-0.15, -0.1) is 0 Å². The van der Waals surface area contributed by atoms with Gasteiger partial charge in [-0.05, 0) is 55.9 Å². The fraction of sp³-hybridized carbons (Fsp3) is 0.400. The third-order valence-electron chi connectivity index (χ3n) is 6.60. The zero-order valence-corrected chi connectivity index (χ0v) is 19.8. The molecule has 174 valence electrons. The van der Waals surface area contributed by atoms with Crippen LogP contribution >= 0.6 is 0 Å². The van der Waals surface area contributed by atoms with Crippen molar-refractivity contribution in [2.75, 3.05) is 56.8 Å². The van der Waals surface area contributed by atoms with Gasteiger partial charge in [0.15, 0.2) is 9.84 Å². The van der Waals surface area contributed by atoms with Crippen molar-refractivity contribution >= 4 is 26.4 Å². The Kier molecular flexibility index (Phi) is 5.66. The molecule has 2 aliphatic rings. The van der Waals surface area contributed by atoms with Crippen molar-refractivity contribution in [1.82, 2.24) is 10.3 Å². The molecule has 3 aromatic rings. The Labute approximate surface area is 194 Å². The van der Waals surface area contributed by atoms with E-state index in [1.165, 1.54) is 0 Å². The molecule has 8 heteroatoms. The Morgan fingerprint density at radius 2 is 1.85 bits per heavy atom. The Morgan fingerprint density at radius 1 is 1.09 bits per heavy atom. The largest absolute Gasteiger partial charge is 0.497 e. The smallest absolute Gasteiger partial charge is 0.151 e. The monoisotopic (exact) mass is 467 g/mol. The third kappa shape index (κ3) is 4.37. The summed E-state index contributed by atoms with van der Waals surface area (Å²) in [6.07, 6.45) is 0.903. The van der Waals surface area contributed by atoms with Gasteiger partial charge in [-0.1, -0.05) is 0 Å². The number of aromatic nitrogens is 1. The lowest BCUT2D eigenvalue weighted by Crippen LogP contribution is -2.50. The number of anilines is 1. The lowest BCUT2D eigenvalue weighted by molar-refractivity contribution is 0.318. The normalized spacial score (nSPS) is 18.4. The highest BCUT2D eigenvalue weighted by Gasteiger charge is 2.52. The zero-order chi connectivity index (χ0) is 23.1. The molecule has 0 aliphatic carbocycles. The van der Waals surface area contributed by atoms with Crippen LogP contribution in [0.5, 0.6) is 11.5 Å². The number of nitrogens with zero attached hydrogens (tertiary/aromatic N) is 2. The molecular formula is C25H29N3O4S. The predicted molar refractivity (Wildman–Crippen MR) is 131 cm³/mol. The van der Waals surface area contributed by atoms with Gasteiger partial charge in [-0.3, -0.25) is 0 Å². The first-order valence-corrected chi connectivity index (χ1v) is 13.0. The SMILES string of the molecule is CNCCOc1ccc(-c2cc(N3CCC4(C3)CS(=O)(=O)C4)c3ccc(OC)cc3n2)cc1. The van der Waals surface area contributed by atoms with Gasteiger partial charge < -0.3 is 19.7 Å². The molecule has 33 heavy (non-hydrogen) atoms. The number of hydrogen-bond donors (Lipinski definition) is 1. The number of benzene rings is 2. The van der Waals surface area contributed by atoms with E-state index in [2.05, 4.69) is 16.3 Å². The molecular weight excluding hydrogens is 438 g/mol. The van der Waals surface area contributed by atoms with Crippen molar-refractivity contribution in [1.29, 1.82) is 0 Å². The standard InChI is InChI=1S/C25H29N3O4S/c1-26-10-12-32-19-5-3-18(4-6-19)22-14-24(21-8-7-20(31-2)13-23(21)27-22)28-11-9-25(15-28)16-33(29,30)17-25/h3-8,13-14,26H,9-12,15-17H2,1-2H3. The fourth-order valence-electron chi connectivity index (χ4n) is 4.99. The van der Waals surface area contributed by atoms with Gasteiger partial charge in [0.05, 0.1) is 29.8 Å². The van der Waals surface area contributed by atoms with Crippen LogP contribution in [0.1, 0.15) is 6.42 Å². The van der Waals surface area contributed by atoms with Crippen molar-refractivity contribution < 1.29 is 17.9 Å². The van der Waals surface area contributed by atoms with Crippen LogP contribution in [0.15, 0.2) is 48.5 Å². The second kappa shape index (κ2) is 8.50. The molecule has 0 saturated carbocycles. The summed E-state index contributed by atoms with van der Waals surface area (Å²) in [7, 11) is 0.687. The molecule has 7 nitrogen and oxygen atoms in total. The van der Waals surface area contributed by atoms with Gasteiger partial charge >= 0.3 is 0 Å². The number of hydrogen-bond acceptors (Lipinski definition) is 7. The molecule has 0 radical (unpaired) electrons. The molecule has 1 spiro atoms. The van der Waals surface area contributed by atoms with E-state index in [4.69, 9.17) is 14.5 Å². The molecule has 2 aromatic carbocycles. The van der Waals surface area contributed by atoms with E-state index in [1.807, 2.05) is 49.5 Å². The molecule has 0 bridgehead atoms. The van der Waals surface area contributed by atoms with Crippen molar-refractivity contribution in [2.45, 2.75) is 6.42 Å². The van der Waals surface area contributed by atoms with Crippen LogP contribution in [0.25, 0.3) is 22.2 Å². The minimum Gasteiger partial charge on any atom is -0.497 e. The molecule has 2 aliphatic heterocycles. The minimum atomic E-state index is -2.87. The molecule has 0 amide bonds. The Morgan fingerprint density at radius 3 is 2.55 bits per heavy atom. The third-order valence-corrected chi connectivity index (χ3v) is 8.70. The first kappa shape index (κ1) is 22.0. The van der Waals surface area contributed by atoms with Gasteiger partial charge in [-0.2, -0.15) is 0 Å². The summed E-state index contributed by atoms with van der Waals surface area (Å²) in [6.45, 7) is 3.01. The van der Waals surface area contributed by atoms with Crippen molar-refractivity contribution in [3.8, 4) is 22.8 Å². The highest BCUT2D eigenvalue weighted by Crippen LogP contribution is 2.44. The van der Waals surface area contributed by atoms with Crippen molar-refractivity contribution in [3.05, 3.63) is 48.5 Å². The summed E-state index contributed by atoms with van der Waals surface area (Å²) in [4.78, 5) is 7.25. The average molecular weight is 468 g/mol. The first-order valence-electron chi connectivity index (χ1n) is 11.2. The fourth-order valence-corrected chi connectivity index (χ4v) is 7.24. The topological polar surface area (TPSA) is 80.8 Å². The van der Waals surface area contributed by atoms with Crippen LogP contribution in [0, 0.1) is 5.41 Å². The van der Waals surface area contributed by atoms with Gasteiger partial charge in [0.1, 0.15) is 18.1 Å². The molecule has 3 heterocycles. The highest BCUT2D eigenvalue weighted by atomic mass is 32.2. The molecule has 2 saturated heterocycles. The number of likely N-dealkylation sites (N-methyl/N-ethyl adjacent to an activating group) is 1. The maximum absolute atomic E-state index is 11.9. The van der Waals surface area contributed by atoms with E-state index >= 15 is 0 Å². The second-order valence-electron chi connectivity index (χ2n) is 9.09. The summed E-state index contributed by atoms with van der Waals surface area (Å²) in [6, 6.07) is 16.0. The number of ether oxygens (including phenoxy) is 2. The number of fused-ring (bicyclic) bond motifs is 1. The van der Waals surface area contributed by atoms with Crippen LogP contribution in [0.2, 0.25) is 0 Å². The molecule has 1 N–H and O–H groups in total. The summed E-state index contributed by atoms with van der Waals surface area (Å²) < 4.78 is 34.9. The quantitative estimate of drug-likeness (QED) is 0.535. The Hall–Kier alpha value is -2.84. The average Bonchev–Trinajstić information content (AvgIpc) is 3.22. The van der Waals surface area contributed by atoms with Crippen LogP contribution in [-0.2, 0) is 9.84 Å². The van der Waals surface area contributed by atoms with Gasteiger partial charge in [0, 0.05) is 47.8 Å². The Balaban J connectivity index is 1.50. The van der Waals surface area contributed by atoms with E-state index in [9.17, 15) is 8.42 Å². The maximum atomic E-state index is 11.9. The van der Waals surface area contributed by atoms with E-state index in [0.29, 0.717) is 18.1 Å². The number of rotatable bonds is 7. The summed E-state index contributed by atoms with van der Waals surface area (Å²) in [5, 5.41) is 4.12. The van der Waals surface area contributed by atoms with Crippen LogP contribution in [0.4, 0.5) is 5.69 Å². The van der Waals surface area contributed by atoms with E-state index in [-0.39, 0.29) is 5.41 Å². The van der Waals surface area contributed by atoms with Gasteiger partial charge in [0.2, 0.25) is 0 Å². The number of nitrogens with one attached hydrogen (secondary N) is 1. The maximum Gasteiger partial charge on any atom is 0.151 e. The molecule has 2 fully saturated rings.